The van der Waals surface area contributed by atoms with E-state index in [0.717, 1.165) is 21.3 Å². The van der Waals surface area contributed by atoms with Crippen molar-refractivity contribution >= 4 is 51.0 Å². The molecule has 2 amide bonds. The van der Waals surface area contributed by atoms with Gasteiger partial charge in [0, 0.05) is 17.8 Å². The molecular formula is C27H25F3N4O6S. The Balaban J connectivity index is 0.000000249. The molecule has 0 spiro atoms. The number of carbonyl (C=O) groups excluding carboxylic acids is 2. The third-order valence-electron chi connectivity index (χ3n) is 5.01. The lowest BCUT2D eigenvalue weighted by Crippen LogP contribution is -2.35. The normalized spacial score (nSPS) is 10.5. The van der Waals surface area contributed by atoms with Crippen molar-refractivity contribution in [1.29, 1.82) is 0 Å². The molecule has 0 aliphatic heterocycles. The Morgan fingerprint density at radius 3 is 2.12 bits per heavy atom. The van der Waals surface area contributed by atoms with E-state index in [0.29, 0.717) is 22.8 Å². The summed E-state index contributed by atoms with van der Waals surface area (Å²) in [7, 11) is 0. The fourth-order valence-corrected chi connectivity index (χ4v) is 4.06. The van der Waals surface area contributed by atoms with Crippen LogP contribution in [0.4, 0.5) is 18.9 Å². The number of carboxylic acid groups (broad SMARTS) is 2. The topological polar surface area (TPSA) is 177 Å². The van der Waals surface area contributed by atoms with Gasteiger partial charge in [0.15, 0.2) is 5.01 Å². The van der Waals surface area contributed by atoms with Crippen LogP contribution in [0.2, 0.25) is 0 Å². The van der Waals surface area contributed by atoms with Crippen LogP contribution in [0.3, 0.4) is 0 Å². The van der Waals surface area contributed by atoms with Crippen LogP contribution in [-0.4, -0.2) is 51.7 Å². The zero-order valence-corrected chi connectivity index (χ0v) is 22.3. The third-order valence-corrected chi connectivity index (χ3v) is 6.05. The molecule has 1 aromatic heterocycles. The number of benzene rings is 3. The predicted octanol–water partition coefficient (Wildman–Crippen LogP) is 4.21. The van der Waals surface area contributed by atoms with Gasteiger partial charge >= 0.3 is 18.1 Å². The molecule has 0 saturated heterocycles. The number of nitrogens with two attached hydrogens (primary N) is 2. The zero-order chi connectivity index (χ0) is 30.7. The minimum Gasteiger partial charge on any atom is -0.480 e. The van der Waals surface area contributed by atoms with Crippen molar-refractivity contribution in [2.75, 3.05) is 11.4 Å². The van der Waals surface area contributed by atoms with E-state index in [-0.39, 0.29) is 5.91 Å². The van der Waals surface area contributed by atoms with Crippen molar-refractivity contribution in [2.24, 2.45) is 11.5 Å². The van der Waals surface area contributed by atoms with Gasteiger partial charge in [-0.05, 0) is 54.4 Å². The summed E-state index contributed by atoms with van der Waals surface area (Å²) in [5.74, 6) is -4.65. The number of hydrogen-bond acceptors (Lipinski definition) is 7. The lowest BCUT2D eigenvalue weighted by molar-refractivity contribution is -0.192. The van der Waals surface area contributed by atoms with E-state index >= 15 is 0 Å². The van der Waals surface area contributed by atoms with Crippen LogP contribution in [0.1, 0.15) is 31.3 Å². The van der Waals surface area contributed by atoms with Gasteiger partial charge in [-0.2, -0.15) is 13.2 Å². The van der Waals surface area contributed by atoms with Crippen molar-refractivity contribution in [2.45, 2.75) is 19.6 Å². The number of thiazole rings is 1. The summed E-state index contributed by atoms with van der Waals surface area (Å²) in [5, 5.41) is 16.5. The van der Waals surface area contributed by atoms with Crippen LogP contribution in [0.25, 0.3) is 10.2 Å². The van der Waals surface area contributed by atoms with Gasteiger partial charge in [0.2, 0.25) is 0 Å². The van der Waals surface area contributed by atoms with E-state index in [2.05, 4.69) is 4.98 Å². The summed E-state index contributed by atoms with van der Waals surface area (Å²) in [6, 6.07) is 21.5. The van der Waals surface area contributed by atoms with Crippen molar-refractivity contribution in [3.8, 4) is 0 Å². The Kier molecular flexibility index (Phi) is 11.5. The monoisotopic (exact) mass is 590 g/mol. The van der Waals surface area contributed by atoms with Crippen molar-refractivity contribution in [3.63, 3.8) is 0 Å². The molecule has 0 aliphatic rings. The summed E-state index contributed by atoms with van der Waals surface area (Å²) in [6.45, 7) is 1.93. The molecule has 3 aromatic carbocycles. The van der Waals surface area contributed by atoms with Crippen LogP contribution < -0.4 is 16.4 Å². The molecule has 4 aromatic rings. The Morgan fingerprint density at radius 1 is 0.951 bits per heavy atom. The number of rotatable bonds is 6. The van der Waals surface area contributed by atoms with Gasteiger partial charge in [-0.1, -0.05) is 36.4 Å². The summed E-state index contributed by atoms with van der Waals surface area (Å²) < 4.78 is 32.7. The summed E-state index contributed by atoms with van der Waals surface area (Å²) >= 11 is 1.33. The molecule has 4 rings (SSSR count). The molecule has 0 unspecified atom stereocenters. The first-order chi connectivity index (χ1) is 19.2. The highest BCUT2D eigenvalue weighted by molar-refractivity contribution is 7.20. The van der Waals surface area contributed by atoms with Gasteiger partial charge in [0.1, 0.15) is 6.54 Å². The van der Waals surface area contributed by atoms with Crippen LogP contribution in [0.15, 0.2) is 72.8 Å². The number of aliphatic carboxylic acids is 2. The molecule has 0 atom stereocenters. The van der Waals surface area contributed by atoms with Crippen molar-refractivity contribution in [3.05, 3.63) is 94.5 Å². The molecule has 14 heteroatoms. The highest BCUT2D eigenvalue weighted by Crippen LogP contribution is 2.22. The first-order valence-electron chi connectivity index (χ1n) is 11.6. The van der Waals surface area contributed by atoms with E-state index in [1.807, 2.05) is 37.3 Å². The standard InChI is InChI=1S/C16H16N2O3.C9H8N2OS.C2HF3O2/c17-10-12-5-4-6-13(9-12)16(21)18(11-15(19)20)14-7-2-1-3-8-14;1-5-2-3-6-7(4-5)13-9(11-6)8(10)12;3-2(4,5)1(6)7/h1-9H,10-11,17H2,(H,19,20);2-4H,1H3,(H2,10,12);(H,6,7). The first-order valence-corrected chi connectivity index (χ1v) is 12.4. The molecule has 0 bridgehead atoms. The van der Waals surface area contributed by atoms with E-state index in [1.165, 1.54) is 16.2 Å². The maximum atomic E-state index is 12.6. The number of carbonyl (C=O) groups is 4. The molecule has 0 saturated carbocycles. The van der Waals surface area contributed by atoms with E-state index < -0.39 is 30.6 Å². The quantitative estimate of drug-likeness (QED) is 0.258. The summed E-state index contributed by atoms with van der Waals surface area (Å²) in [4.78, 5) is 48.7. The number of hydrogen-bond donors (Lipinski definition) is 4. The molecule has 41 heavy (non-hydrogen) atoms. The maximum Gasteiger partial charge on any atom is 0.490 e. The number of amides is 2. The summed E-state index contributed by atoms with van der Waals surface area (Å²) in [5.41, 5.74) is 14.5. The molecule has 10 nitrogen and oxygen atoms in total. The maximum absolute atomic E-state index is 12.6. The second kappa shape index (κ2) is 14.5. The Morgan fingerprint density at radius 2 is 1.59 bits per heavy atom. The summed E-state index contributed by atoms with van der Waals surface area (Å²) in [6.07, 6.45) is -5.08. The number of halogens is 3. The number of aromatic nitrogens is 1. The molecular weight excluding hydrogens is 565 g/mol. The minimum atomic E-state index is -5.08. The third kappa shape index (κ3) is 10.0. The lowest BCUT2D eigenvalue weighted by atomic mass is 10.1. The molecule has 216 valence electrons. The molecule has 0 fully saturated rings. The number of aryl methyl sites for hydroxylation is 1. The van der Waals surface area contributed by atoms with Gasteiger partial charge in [-0.3, -0.25) is 19.3 Å². The first kappa shape index (κ1) is 32.4. The van der Waals surface area contributed by atoms with Crippen LogP contribution in [0.5, 0.6) is 0 Å². The number of carboxylic acids is 2. The Labute approximate surface area is 235 Å². The second-order valence-corrected chi connectivity index (χ2v) is 9.21. The lowest BCUT2D eigenvalue weighted by Gasteiger charge is -2.21. The number of alkyl halides is 3. The molecule has 0 aliphatic carbocycles. The van der Waals surface area contributed by atoms with Crippen LogP contribution in [0, 0.1) is 6.92 Å². The Hall–Kier alpha value is -4.82. The number of para-hydroxylation sites is 1. The second-order valence-electron chi connectivity index (χ2n) is 8.18. The number of anilines is 1. The minimum absolute atomic E-state index is 0.325. The Bertz CT molecular complexity index is 1530. The van der Waals surface area contributed by atoms with Crippen molar-refractivity contribution in [1.82, 2.24) is 4.98 Å². The predicted molar refractivity (Wildman–Crippen MR) is 147 cm³/mol. The van der Waals surface area contributed by atoms with Crippen LogP contribution in [-0.2, 0) is 16.1 Å². The number of nitrogens with zero attached hydrogens (tertiary/aromatic N) is 2. The molecule has 0 radical (unpaired) electrons. The average molecular weight is 591 g/mol. The van der Waals surface area contributed by atoms with Gasteiger partial charge in [0.05, 0.1) is 10.2 Å². The highest BCUT2D eigenvalue weighted by Gasteiger charge is 2.38. The van der Waals surface area contributed by atoms with Gasteiger partial charge in [0.25, 0.3) is 11.8 Å². The highest BCUT2D eigenvalue weighted by atomic mass is 32.1. The van der Waals surface area contributed by atoms with E-state index in [9.17, 15) is 27.6 Å². The average Bonchev–Trinajstić information content (AvgIpc) is 3.36. The van der Waals surface area contributed by atoms with Gasteiger partial charge < -0.3 is 21.7 Å². The van der Waals surface area contributed by atoms with Gasteiger partial charge in [-0.25, -0.2) is 9.78 Å². The smallest absolute Gasteiger partial charge is 0.480 e. The molecule has 6 N–H and O–H groups in total. The zero-order valence-electron chi connectivity index (χ0n) is 21.5. The van der Waals surface area contributed by atoms with Crippen LogP contribution >= 0.6 is 11.3 Å². The number of fused-ring (bicyclic) bond motifs is 1. The van der Waals surface area contributed by atoms with Crippen molar-refractivity contribution < 1.29 is 42.6 Å². The fraction of sp³-hybridized carbons (Fsp3) is 0.148. The van der Waals surface area contributed by atoms with Gasteiger partial charge in [-0.15, -0.1) is 11.3 Å². The largest absolute Gasteiger partial charge is 0.490 e. The van der Waals surface area contributed by atoms with E-state index in [4.69, 9.17) is 26.5 Å². The van der Waals surface area contributed by atoms with E-state index in [1.54, 1.807) is 42.5 Å². The fourth-order valence-electron chi connectivity index (χ4n) is 3.15. The SMILES string of the molecule is Cc1ccc2nc(C(N)=O)sc2c1.NCc1cccc(C(=O)N(CC(=O)O)c2ccccc2)c1.O=C(O)C(F)(F)F. The molecule has 1 heterocycles. The number of primary amides is 1.